The van der Waals surface area contributed by atoms with Crippen LogP contribution in [0.1, 0.15) is 53.9 Å². The van der Waals surface area contributed by atoms with Crippen LogP contribution in [-0.4, -0.2) is 43.0 Å². The van der Waals surface area contributed by atoms with Gasteiger partial charge in [-0.1, -0.05) is 20.8 Å². The highest BCUT2D eigenvalue weighted by Gasteiger charge is 2.44. The SMILES string of the molecule is CC(C)N(C)CCCNC(=O)C1CCC(N)C(C)C1(C)C. The number of carbonyl (C=O) groups excluding carboxylic acids is 1. The Hall–Kier alpha value is -0.610. The van der Waals surface area contributed by atoms with Crippen molar-refractivity contribution in [3.8, 4) is 0 Å². The molecule has 3 N–H and O–H groups in total. The van der Waals surface area contributed by atoms with Gasteiger partial charge < -0.3 is 16.0 Å². The molecule has 3 atom stereocenters. The third-order valence-electron chi connectivity index (χ3n) is 5.69. The zero-order chi connectivity index (χ0) is 16.2. The smallest absolute Gasteiger partial charge is 0.223 e. The molecule has 0 spiro atoms. The molecule has 1 aliphatic carbocycles. The van der Waals surface area contributed by atoms with Crippen LogP contribution in [-0.2, 0) is 4.79 Å². The van der Waals surface area contributed by atoms with Crippen LogP contribution in [0.5, 0.6) is 0 Å². The maximum Gasteiger partial charge on any atom is 0.223 e. The summed E-state index contributed by atoms with van der Waals surface area (Å²) in [5.74, 6) is 0.690. The van der Waals surface area contributed by atoms with Crippen molar-refractivity contribution in [2.24, 2.45) is 23.0 Å². The highest BCUT2D eigenvalue weighted by atomic mass is 16.1. The molecular weight excluding hydrogens is 262 g/mol. The van der Waals surface area contributed by atoms with Crippen LogP contribution < -0.4 is 11.1 Å². The maximum absolute atomic E-state index is 12.5. The van der Waals surface area contributed by atoms with Crippen molar-refractivity contribution in [2.75, 3.05) is 20.1 Å². The Kier molecular flexibility index (Phi) is 6.67. The van der Waals surface area contributed by atoms with Crippen LogP contribution >= 0.6 is 0 Å². The Morgan fingerprint density at radius 2 is 2.00 bits per heavy atom. The van der Waals surface area contributed by atoms with Crippen LogP contribution in [0.25, 0.3) is 0 Å². The molecule has 1 amide bonds. The van der Waals surface area contributed by atoms with Gasteiger partial charge in [0.05, 0.1) is 0 Å². The van der Waals surface area contributed by atoms with Crippen LogP contribution in [0.3, 0.4) is 0 Å². The fourth-order valence-electron chi connectivity index (χ4n) is 3.24. The largest absolute Gasteiger partial charge is 0.356 e. The van der Waals surface area contributed by atoms with Crippen LogP contribution in [0, 0.1) is 17.3 Å². The van der Waals surface area contributed by atoms with Gasteiger partial charge in [-0.3, -0.25) is 4.79 Å². The first-order chi connectivity index (χ1) is 9.67. The molecular formula is C17H35N3O. The van der Waals surface area contributed by atoms with Gasteiger partial charge in [-0.15, -0.1) is 0 Å². The van der Waals surface area contributed by atoms with Gasteiger partial charge in [0, 0.05) is 24.5 Å². The van der Waals surface area contributed by atoms with Crippen molar-refractivity contribution in [2.45, 2.75) is 66.0 Å². The predicted octanol–water partition coefficient (Wildman–Crippen LogP) is 2.23. The summed E-state index contributed by atoms with van der Waals surface area (Å²) in [6, 6.07) is 0.782. The maximum atomic E-state index is 12.5. The zero-order valence-electron chi connectivity index (χ0n) is 14.8. The van der Waals surface area contributed by atoms with Crippen molar-refractivity contribution >= 4 is 5.91 Å². The zero-order valence-corrected chi connectivity index (χ0v) is 14.8. The lowest BCUT2D eigenvalue weighted by Crippen LogP contribution is -2.51. The molecule has 1 aliphatic rings. The van der Waals surface area contributed by atoms with E-state index in [4.69, 9.17) is 5.73 Å². The lowest BCUT2D eigenvalue weighted by Gasteiger charge is -2.46. The first-order valence-electron chi connectivity index (χ1n) is 8.41. The topological polar surface area (TPSA) is 58.4 Å². The van der Waals surface area contributed by atoms with Gasteiger partial charge in [-0.25, -0.2) is 0 Å². The van der Waals surface area contributed by atoms with E-state index in [1.165, 1.54) is 0 Å². The molecule has 0 bridgehead atoms. The fourth-order valence-corrected chi connectivity index (χ4v) is 3.24. The third kappa shape index (κ3) is 4.68. The van der Waals surface area contributed by atoms with Crippen LogP contribution in [0.2, 0.25) is 0 Å². The second-order valence-electron chi connectivity index (χ2n) is 7.62. The summed E-state index contributed by atoms with van der Waals surface area (Å²) in [6.07, 6.45) is 2.87. The Labute approximate surface area is 130 Å². The monoisotopic (exact) mass is 297 g/mol. The molecule has 0 aromatic heterocycles. The number of nitrogens with two attached hydrogens (primary N) is 1. The summed E-state index contributed by atoms with van der Waals surface area (Å²) in [4.78, 5) is 14.8. The van der Waals surface area contributed by atoms with Gasteiger partial charge in [0.15, 0.2) is 0 Å². The number of nitrogens with one attached hydrogen (secondary N) is 1. The molecule has 3 unspecified atom stereocenters. The lowest BCUT2D eigenvalue weighted by atomic mass is 9.61. The van der Waals surface area contributed by atoms with Crippen molar-refractivity contribution in [3.63, 3.8) is 0 Å². The minimum atomic E-state index is -0.0174. The quantitative estimate of drug-likeness (QED) is 0.739. The molecule has 0 saturated heterocycles. The Morgan fingerprint density at radius 1 is 1.38 bits per heavy atom. The Bertz CT molecular complexity index is 341. The number of nitrogens with zero attached hydrogens (tertiary/aromatic N) is 1. The van der Waals surface area contributed by atoms with E-state index in [1.54, 1.807) is 0 Å². The Morgan fingerprint density at radius 3 is 2.57 bits per heavy atom. The second-order valence-corrected chi connectivity index (χ2v) is 7.62. The summed E-state index contributed by atoms with van der Waals surface area (Å²) in [5.41, 5.74) is 6.14. The summed E-state index contributed by atoms with van der Waals surface area (Å²) < 4.78 is 0. The van der Waals surface area contributed by atoms with Crippen molar-refractivity contribution in [3.05, 3.63) is 0 Å². The average molecular weight is 297 g/mol. The highest BCUT2D eigenvalue weighted by Crippen LogP contribution is 2.44. The molecule has 0 radical (unpaired) electrons. The molecule has 4 heteroatoms. The molecule has 4 nitrogen and oxygen atoms in total. The molecule has 0 aliphatic heterocycles. The molecule has 0 heterocycles. The summed E-state index contributed by atoms with van der Waals surface area (Å²) in [6.45, 7) is 12.7. The van der Waals surface area contributed by atoms with Crippen molar-refractivity contribution in [1.29, 1.82) is 0 Å². The average Bonchev–Trinajstić information content (AvgIpc) is 2.40. The van der Waals surface area contributed by atoms with Crippen molar-refractivity contribution in [1.82, 2.24) is 10.2 Å². The standard InChI is InChI=1S/C17H35N3O/c1-12(2)20(6)11-7-10-19-16(21)14-8-9-15(18)13(3)17(14,4)5/h12-15H,7-11,18H2,1-6H3,(H,19,21). The third-order valence-corrected chi connectivity index (χ3v) is 5.69. The van der Waals surface area contributed by atoms with Crippen LogP contribution in [0.4, 0.5) is 0 Å². The minimum absolute atomic E-state index is 0.0174. The summed E-state index contributed by atoms with van der Waals surface area (Å²) in [5, 5.41) is 3.13. The van der Waals surface area contributed by atoms with Crippen LogP contribution in [0.15, 0.2) is 0 Å². The van der Waals surface area contributed by atoms with E-state index in [-0.39, 0.29) is 23.3 Å². The number of carbonyl (C=O) groups is 1. The van der Waals surface area contributed by atoms with E-state index < -0.39 is 0 Å². The molecule has 0 aromatic carbocycles. The van der Waals surface area contributed by atoms with Gasteiger partial charge in [0.1, 0.15) is 0 Å². The number of amides is 1. The first kappa shape index (κ1) is 18.4. The van der Waals surface area contributed by atoms with E-state index in [9.17, 15) is 4.79 Å². The number of hydrogen-bond acceptors (Lipinski definition) is 3. The van der Waals surface area contributed by atoms with Crippen molar-refractivity contribution < 1.29 is 4.79 Å². The van der Waals surface area contributed by atoms with E-state index >= 15 is 0 Å². The molecule has 1 fully saturated rings. The molecule has 1 saturated carbocycles. The van der Waals surface area contributed by atoms with E-state index in [2.05, 4.69) is 51.9 Å². The van der Waals surface area contributed by atoms with E-state index in [1.807, 2.05) is 0 Å². The van der Waals surface area contributed by atoms with Gasteiger partial charge in [0.2, 0.25) is 5.91 Å². The molecule has 21 heavy (non-hydrogen) atoms. The Balaban J connectivity index is 2.41. The molecule has 0 aromatic rings. The van der Waals surface area contributed by atoms with Gasteiger partial charge in [-0.05, 0) is 58.0 Å². The van der Waals surface area contributed by atoms with Gasteiger partial charge >= 0.3 is 0 Å². The second kappa shape index (κ2) is 7.59. The first-order valence-corrected chi connectivity index (χ1v) is 8.41. The van der Waals surface area contributed by atoms with Gasteiger partial charge in [-0.2, -0.15) is 0 Å². The predicted molar refractivity (Wildman–Crippen MR) is 89.0 cm³/mol. The molecule has 1 rings (SSSR count). The van der Waals surface area contributed by atoms with E-state index in [0.717, 1.165) is 32.4 Å². The summed E-state index contributed by atoms with van der Waals surface area (Å²) in [7, 11) is 2.12. The minimum Gasteiger partial charge on any atom is -0.356 e. The summed E-state index contributed by atoms with van der Waals surface area (Å²) >= 11 is 0. The molecule has 124 valence electrons. The lowest BCUT2D eigenvalue weighted by molar-refractivity contribution is -0.132. The fraction of sp³-hybridized carbons (Fsp3) is 0.941. The number of rotatable bonds is 6. The van der Waals surface area contributed by atoms with E-state index in [0.29, 0.717) is 12.0 Å². The normalized spacial score (nSPS) is 28.9. The highest BCUT2D eigenvalue weighted by molar-refractivity contribution is 5.79. The number of hydrogen-bond donors (Lipinski definition) is 2. The van der Waals surface area contributed by atoms with Gasteiger partial charge in [0.25, 0.3) is 0 Å².